The molecule has 0 atom stereocenters. The van der Waals surface area contributed by atoms with E-state index in [1.807, 2.05) is 0 Å². The van der Waals surface area contributed by atoms with Crippen molar-refractivity contribution >= 4 is 67.5 Å². The molecule has 0 fully saturated rings. The molecular formula is C29H25Cl2F3N8O6S. The van der Waals surface area contributed by atoms with Gasteiger partial charge in [-0.05, 0) is 54.1 Å². The van der Waals surface area contributed by atoms with Crippen LogP contribution in [0.15, 0.2) is 64.3 Å². The fraction of sp³-hybridized carbons (Fsp3) is 0.172. The molecule has 0 saturated carbocycles. The highest BCUT2D eigenvalue weighted by Crippen LogP contribution is 2.35. The molecule has 2 amide bonds. The molecule has 0 unspecified atom stereocenters. The van der Waals surface area contributed by atoms with Gasteiger partial charge >= 0.3 is 12.4 Å². The number of hydrogen-bond acceptors (Lipinski definition) is 9. The number of primary sulfonamides is 1. The maximum absolute atomic E-state index is 13.4. The zero-order valence-corrected chi connectivity index (χ0v) is 27.8. The number of amides is 2. The Morgan fingerprint density at radius 2 is 1.71 bits per heavy atom. The monoisotopic (exact) mass is 740 g/mol. The van der Waals surface area contributed by atoms with Gasteiger partial charge in [-0.1, -0.05) is 29.3 Å². The largest absolute Gasteiger partial charge is 0.573 e. The van der Waals surface area contributed by atoms with E-state index in [4.69, 9.17) is 33.1 Å². The van der Waals surface area contributed by atoms with Gasteiger partial charge in [-0.15, -0.1) is 18.3 Å². The molecule has 14 nitrogen and oxygen atoms in total. The lowest BCUT2D eigenvalue weighted by Crippen LogP contribution is -2.20. The molecule has 5 N–H and O–H groups in total. The summed E-state index contributed by atoms with van der Waals surface area (Å²) in [7, 11) is 0.566. The number of aromatic amines is 1. The van der Waals surface area contributed by atoms with E-state index in [2.05, 4.69) is 30.4 Å². The molecule has 0 aliphatic carbocycles. The first-order valence-electron chi connectivity index (χ1n) is 13.8. The van der Waals surface area contributed by atoms with E-state index in [1.165, 1.54) is 23.9 Å². The molecule has 0 spiro atoms. The average Bonchev–Trinajstić information content (AvgIpc) is 3.37. The molecular weight excluding hydrogens is 716 g/mol. The quantitative estimate of drug-likeness (QED) is 0.156. The molecule has 0 saturated heterocycles. The first kappa shape index (κ1) is 35.3. The highest BCUT2D eigenvalue weighted by molar-refractivity contribution is 7.89. The molecule has 2 heterocycles. The van der Waals surface area contributed by atoms with Gasteiger partial charge in [-0.3, -0.25) is 4.79 Å². The number of hydrogen-bond donors (Lipinski definition) is 4. The number of ether oxygens (including phenoxy) is 2. The van der Waals surface area contributed by atoms with Crippen LogP contribution in [-0.2, 0) is 16.4 Å². The minimum Gasteiger partial charge on any atom is -0.495 e. The van der Waals surface area contributed by atoms with Gasteiger partial charge in [0.1, 0.15) is 28.4 Å². The summed E-state index contributed by atoms with van der Waals surface area (Å²) in [6, 6.07) is 10.9. The van der Waals surface area contributed by atoms with Gasteiger partial charge in [0.25, 0.3) is 5.56 Å². The summed E-state index contributed by atoms with van der Waals surface area (Å²) >= 11 is 12.9. The van der Waals surface area contributed by atoms with Crippen LogP contribution in [0.1, 0.15) is 11.4 Å². The minimum atomic E-state index is -4.86. The Morgan fingerprint density at radius 1 is 1.06 bits per heavy atom. The standard InChI is InChI=1S/C29H25Cl2F3N8O6S/c1-41(2)26-23-25(42(40-26)24-18(30)12-17(13-19(24)31)49(35,45)46)38-22(39-27(23)43)11-14-4-9-21(47-3)20(10-14)37-28(44)36-15-5-7-16(8-6-15)48-29(32,33)34/h4-10,12-13H,11H2,1-3H3,(H2,35,45,46)(H2,36,37,44)(H,38,39,43). The number of carbonyl (C=O) groups is 1. The number of anilines is 3. The molecule has 20 heteroatoms. The number of urea groups is 1. The Bertz CT molecular complexity index is 2220. The van der Waals surface area contributed by atoms with Crippen LogP contribution >= 0.6 is 23.2 Å². The third-order valence-electron chi connectivity index (χ3n) is 6.75. The zero-order valence-electron chi connectivity index (χ0n) is 25.5. The predicted octanol–water partition coefficient (Wildman–Crippen LogP) is 5.27. The molecule has 3 aromatic carbocycles. The van der Waals surface area contributed by atoms with Crippen molar-refractivity contribution in [3.8, 4) is 17.2 Å². The number of nitrogens with two attached hydrogens (primary N) is 1. The van der Waals surface area contributed by atoms with Gasteiger partial charge < -0.3 is 30.0 Å². The number of nitrogens with one attached hydrogen (secondary N) is 3. The van der Waals surface area contributed by atoms with E-state index in [-0.39, 0.29) is 66.8 Å². The lowest BCUT2D eigenvalue weighted by Gasteiger charge is -2.14. The van der Waals surface area contributed by atoms with E-state index < -0.39 is 33.7 Å². The predicted molar refractivity (Wildman–Crippen MR) is 177 cm³/mol. The zero-order chi connectivity index (χ0) is 35.8. The summed E-state index contributed by atoms with van der Waals surface area (Å²) in [5, 5.41) is 14.7. The summed E-state index contributed by atoms with van der Waals surface area (Å²) in [4.78, 5) is 34.8. The van der Waals surface area contributed by atoms with E-state index in [0.717, 1.165) is 24.3 Å². The van der Waals surface area contributed by atoms with E-state index in [9.17, 15) is 31.2 Å². The average molecular weight is 742 g/mol. The Balaban J connectivity index is 1.46. The van der Waals surface area contributed by atoms with Crippen LogP contribution < -0.4 is 35.7 Å². The fourth-order valence-electron chi connectivity index (χ4n) is 4.70. The Kier molecular flexibility index (Phi) is 9.69. The molecule has 0 aliphatic heterocycles. The first-order chi connectivity index (χ1) is 22.9. The second-order valence-electron chi connectivity index (χ2n) is 10.5. The van der Waals surface area contributed by atoms with Crippen LogP contribution in [0.25, 0.3) is 16.7 Å². The summed E-state index contributed by atoms with van der Waals surface area (Å²) in [6.07, 6.45) is -4.81. The molecule has 5 rings (SSSR count). The number of halogens is 5. The maximum Gasteiger partial charge on any atom is 0.573 e. The Morgan fingerprint density at radius 3 is 2.29 bits per heavy atom. The number of rotatable bonds is 9. The summed E-state index contributed by atoms with van der Waals surface area (Å²) in [5.41, 5.74) is 0.563. The lowest BCUT2D eigenvalue weighted by atomic mass is 10.1. The van der Waals surface area contributed by atoms with Crippen LogP contribution in [0.2, 0.25) is 10.0 Å². The van der Waals surface area contributed by atoms with Gasteiger partial charge in [0.2, 0.25) is 10.0 Å². The number of methoxy groups -OCH3 is 1. The van der Waals surface area contributed by atoms with Gasteiger partial charge in [0, 0.05) is 26.2 Å². The number of aromatic nitrogens is 4. The molecule has 5 aromatic rings. The van der Waals surface area contributed by atoms with Crippen LogP contribution in [0, 0.1) is 0 Å². The van der Waals surface area contributed by atoms with Gasteiger partial charge in [0.15, 0.2) is 11.5 Å². The number of nitrogens with zero attached hydrogens (tertiary/aromatic N) is 4. The van der Waals surface area contributed by atoms with Gasteiger partial charge in [-0.2, -0.15) is 0 Å². The number of carbonyl (C=O) groups excluding carboxylic acids is 1. The third kappa shape index (κ3) is 7.99. The van der Waals surface area contributed by atoms with E-state index in [1.54, 1.807) is 37.2 Å². The normalized spacial score (nSPS) is 11.8. The maximum atomic E-state index is 13.4. The van der Waals surface area contributed by atoms with Crippen molar-refractivity contribution in [1.29, 1.82) is 0 Å². The van der Waals surface area contributed by atoms with E-state index >= 15 is 0 Å². The van der Waals surface area contributed by atoms with Gasteiger partial charge in [-0.25, -0.2) is 28.0 Å². The molecule has 0 radical (unpaired) electrons. The highest BCUT2D eigenvalue weighted by Gasteiger charge is 2.31. The van der Waals surface area contributed by atoms with Crippen molar-refractivity contribution in [2.24, 2.45) is 5.14 Å². The second kappa shape index (κ2) is 13.5. The Labute approximate surface area is 285 Å². The summed E-state index contributed by atoms with van der Waals surface area (Å²) in [6.45, 7) is 0. The second-order valence-corrected chi connectivity index (χ2v) is 12.9. The highest BCUT2D eigenvalue weighted by atomic mass is 35.5. The summed E-state index contributed by atoms with van der Waals surface area (Å²) in [5.74, 6) is 0.233. The third-order valence-corrected chi connectivity index (χ3v) is 8.22. The minimum absolute atomic E-state index is 0.0421. The topological polar surface area (TPSA) is 187 Å². The van der Waals surface area contributed by atoms with Crippen molar-refractivity contribution in [2.45, 2.75) is 17.7 Å². The number of sulfonamides is 1. The fourth-order valence-corrected chi connectivity index (χ4v) is 6.04. The van der Waals surface area contributed by atoms with Crippen molar-refractivity contribution in [1.82, 2.24) is 19.7 Å². The molecule has 49 heavy (non-hydrogen) atoms. The molecule has 0 aliphatic rings. The first-order valence-corrected chi connectivity index (χ1v) is 16.1. The Hall–Kier alpha value is -5.04. The van der Waals surface area contributed by atoms with Crippen LogP contribution in [0.3, 0.4) is 0 Å². The number of fused-ring (bicyclic) bond motifs is 1. The van der Waals surface area contributed by atoms with Crippen LogP contribution in [-0.4, -0.2) is 61.8 Å². The van der Waals surface area contributed by atoms with Crippen molar-refractivity contribution in [3.05, 3.63) is 86.4 Å². The number of alkyl halides is 3. The number of benzene rings is 3. The van der Waals surface area contributed by atoms with Crippen LogP contribution in [0.5, 0.6) is 11.5 Å². The SMILES string of the molecule is COc1ccc(Cc2nc3c(c(N(C)C)nn3-c3c(Cl)cc(S(N)(=O)=O)cc3Cl)c(=O)[nH]2)cc1NC(=O)Nc1ccc(OC(F)(F)F)cc1. The van der Waals surface area contributed by atoms with Crippen molar-refractivity contribution in [2.75, 3.05) is 36.7 Å². The van der Waals surface area contributed by atoms with E-state index in [0.29, 0.717) is 5.56 Å². The van der Waals surface area contributed by atoms with Crippen molar-refractivity contribution in [3.63, 3.8) is 0 Å². The van der Waals surface area contributed by atoms with Crippen LogP contribution in [0.4, 0.5) is 35.2 Å². The molecule has 0 bridgehead atoms. The molecule has 2 aromatic heterocycles. The van der Waals surface area contributed by atoms with Gasteiger partial charge in [0.05, 0.1) is 27.7 Å². The lowest BCUT2D eigenvalue weighted by molar-refractivity contribution is -0.274. The molecule has 258 valence electrons. The number of H-pyrrole nitrogens is 1. The van der Waals surface area contributed by atoms with Crippen molar-refractivity contribution < 1.29 is 35.9 Å². The summed E-state index contributed by atoms with van der Waals surface area (Å²) < 4.78 is 71.6. The smallest absolute Gasteiger partial charge is 0.495 e.